The Morgan fingerprint density at radius 2 is 1.73 bits per heavy atom. The van der Waals surface area contributed by atoms with Gasteiger partial charge in [-0.2, -0.15) is 0 Å². The minimum atomic E-state index is -0.526. The molecule has 0 aliphatic heterocycles. The number of hydrogen-bond acceptors (Lipinski definition) is 5. The summed E-state index contributed by atoms with van der Waals surface area (Å²) in [5.74, 6) is -1.18. The summed E-state index contributed by atoms with van der Waals surface area (Å²) in [6, 6.07) is 14.2. The van der Waals surface area contributed by atoms with E-state index in [1.54, 1.807) is 24.3 Å². The number of esters is 1. The van der Waals surface area contributed by atoms with Crippen molar-refractivity contribution in [3.63, 3.8) is 0 Å². The van der Waals surface area contributed by atoms with Crippen LogP contribution in [0.4, 0.5) is 5.69 Å². The fraction of sp³-hybridized carbons (Fsp3) is 0.250. The molecular weight excluding hydrogens is 380 g/mol. The minimum absolute atomic E-state index is 0.155. The molecule has 0 saturated heterocycles. The number of benzene rings is 2. The van der Waals surface area contributed by atoms with Gasteiger partial charge in [0.2, 0.25) is 0 Å². The van der Waals surface area contributed by atoms with Crippen molar-refractivity contribution in [2.45, 2.75) is 32.6 Å². The number of anilines is 1. The molecule has 1 aliphatic carbocycles. The number of para-hydroxylation sites is 2. The molecule has 0 bridgehead atoms. The van der Waals surface area contributed by atoms with Crippen molar-refractivity contribution in [2.75, 3.05) is 11.9 Å². The van der Waals surface area contributed by atoms with Crippen LogP contribution in [0, 0.1) is 0 Å². The van der Waals surface area contributed by atoms with E-state index >= 15 is 0 Å². The highest BCUT2D eigenvalue weighted by Crippen LogP contribution is 2.29. The second-order valence-corrected chi connectivity index (χ2v) is 7.36. The lowest BCUT2D eigenvalue weighted by Gasteiger charge is -2.20. The van der Waals surface area contributed by atoms with Gasteiger partial charge in [0.15, 0.2) is 12.4 Å². The van der Waals surface area contributed by atoms with Gasteiger partial charge in [0, 0.05) is 16.6 Å². The summed E-state index contributed by atoms with van der Waals surface area (Å²) in [4.78, 5) is 41.8. The molecule has 1 aliphatic rings. The van der Waals surface area contributed by atoms with Crippen LogP contribution in [0.15, 0.2) is 48.5 Å². The molecule has 0 radical (unpaired) electrons. The summed E-state index contributed by atoms with van der Waals surface area (Å²) in [6.07, 6.45) is 3.65. The van der Waals surface area contributed by atoms with Gasteiger partial charge in [-0.3, -0.25) is 14.6 Å². The third kappa shape index (κ3) is 3.94. The lowest BCUT2D eigenvalue weighted by atomic mass is 9.90. The molecule has 3 aromatic rings. The molecule has 0 saturated carbocycles. The number of aryl methyl sites for hydroxylation is 1. The van der Waals surface area contributed by atoms with Gasteiger partial charge in [0.25, 0.3) is 5.91 Å². The molecule has 6 nitrogen and oxygen atoms in total. The van der Waals surface area contributed by atoms with Crippen molar-refractivity contribution in [2.24, 2.45) is 0 Å². The van der Waals surface area contributed by atoms with Crippen LogP contribution >= 0.6 is 0 Å². The first-order valence-electron chi connectivity index (χ1n) is 10.0. The lowest BCUT2D eigenvalue weighted by Crippen LogP contribution is -2.23. The molecule has 152 valence electrons. The third-order valence-corrected chi connectivity index (χ3v) is 5.29. The molecule has 1 amide bonds. The summed E-state index contributed by atoms with van der Waals surface area (Å²) in [5, 5.41) is 3.39. The van der Waals surface area contributed by atoms with Gasteiger partial charge in [-0.1, -0.05) is 30.3 Å². The number of rotatable bonds is 5. The summed E-state index contributed by atoms with van der Waals surface area (Å²) in [6.45, 7) is 0.999. The van der Waals surface area contributed by atoms with Crippen molar-refractivity contribution < 1.29 is 19.1 Å². The lowest BCUT2D eigenvalue weighted by molar-refractivity contribution is -0.119. The molecule has 2 aromatic carbocycles. The van der Waals surface area contributed by atoms with Crippen LogP contribution in [0.3, 0.4) is 0 Å². The molecule has 4 rings (SSSR count). The quantitative estimate of drug-likeness (QED) is 0.513. The maximum absolute atomic E-state index is 13.0. The standard InChI is InChI=1S/C24H22N2O4/c1-15(27)16-8-2-5-11-19(16)26-22(28)14-30-24(29)23-17-9-3-6-12-20(17)25-21-13-7-4-10-18(21)23/h2-3,5-6,8-9,11-12H,4,7,10,13-14H2,1H3,(H,26,28). The zero-order chi connectivity index (χ0) is 21.1. The van der Waals surface area contributed by atoms with E-state index in [1.165, 1.54) is 6.92 Å². The van der Waals surface area contributed by atoms with Crippen LogP contribution in [0.25, 0.3) is 10.9 Å². The van der Waals surface area contributed by atoms with Crippen molar-refractivity contribution in [3.8, 4) is 0 Å². The Kier molecular flexibility index (Phi) is 5.57. The van der Waals surface area contributed by atoms with Crippen molar-refractivity contribution >= 4 is 34.3 Å². The van der Waals surface area contributed by atoms with Gasteiger partial charge in [-0.05, 0) is 56.4 Å². The zero-order valence-corrected chi connectivity index (χ0v) is 16.7. The molecule has 0 atom stereocenters. The Labute approximate surface area is 174 Å². The van der Waals surface area contributed by atoms with E-state index in [0.29, 0.717) is 16.8 Å². The number of pyridine rings is 1. The molecule has 1 aromatic heterocycles. The molecule has 0 fully saturated rings. The number of amides is 1. The van der Waals surface area contributed by atoms with Gasteiger partial charge in [-0.15, -0.1) is 0 Å². The average molecular weight is 402 g/mol. The number of carbonyl (C=O) groups excluding carboxylic acids is 3. The smallest absolute Gasteiger partial charge is 0.339 e. The highest BCUT2D eigenvalue weighted by Gasteiger charge is 2.24. The maximum atomic E-state index is 13.0. The number of ketones is 1. The Morgan fingerprint density at radius 3 is 2.57 bits per heavy atom. The van der Waals surface area contributed by atoms with Crippen LogP contribution in [0.1, 0.15) is 51.7 Å². The van der Waals surface area contributed by atoms with E-state index in [9.17, 15) is 14.4 Å². The normalized spacial score (nSPS) is 12.8. The average Bonchev–Trinajstić information content (AvgIpc) is 2.76. The molecule has 1 N–H and O–H groups in total. The molecule has 30 heavy (non-hydrogen) atoms. The van der Waals surface area contributed by atoms with Crippen LogP contribution < -0.4 is 5.32 Å². The number of carbonyl (C=O) groups is 3. The predicted octanol–water partition coefficient (Wildman–Crippen LogP) is 4.11. The first-order valence-corrected chi connectivity index (χ1v) is 10.0. The van der Waals surface area contributed by atoms with Gasteiger partial charge in [0.05, 0.1) is 16.8 Å². The molecule has 0 unspecified atom stereocenters. The highest BCUT2D eigenvalue weighted by molar-refractivity contribution is 6.07. The van der Waals surface area contributed by atoms with E-state index in [-0.39, 0.29) is 5.78 Å². The summed E-state index contributed by atoms with van der Waals surface area (Å²) >= 11 is 0. The van der Waals surface area contributed by atoms with Crippen LogP contribution in [0.2, 0.25) is 0 Å². The third-order valence-electron chi connectivity index (χ3n) is 5.29. The van der Waals surface area contributed by atoms with Crippen molar-refractivity contribution in [3.05, 3.63) is 70.9 Å². The molecule has 6 heteroatoms. The van der Waals surface area contributed by atoms with Crippen molar-refractivity contribution in [1.29, 1.82) is 0 Å². The first kappa shape index (κ1) is 19.8. The fourth-order valence-electron chi connectivity index (χ4n) is 3.89. The zero-order valence-electron chi connectivity index (χ0n) is 16.7. The molecule has 0 spiro atoms. The number of nitrogens with one attached hydrogen (secondary N) is 1. The number of hydrogen-bond donors (Lipinski definition) is 1. The molecule has 1 heterocycles. The topological polar surface area (TPSA) is 85.4 Å². The number of nitrogens with zero attached hydrogens (tertiary/aromatic N) is 1. The summed E-state index contributed by atoms with van der Waals surface area (Å²) in [7, 11) is 0. The Morgan fingerprint density at radius 1 is 1.00 bits per heavy atom. The Bertz CT molecular complexity index is 1150. The highest BCUT2D eigenvalue weighted by atomic mass is 16.5. The van der Waals surface area contributed by atoms with Crippen LogP contribution in [0.5, 0.6) is 0 Å². The number of ether oxygens (including phenoxy) is 1. The number of fused-ring (bicyclic) bond motifs is 2. The van der Waals surface area contributed by atoms with Crippen molar-refractivity contribution in [1.82, 2.24) is 4.98 Å². The minimum Gasteiger partial charge on any atom is -0.452 e. The van der Waals surface area contributed by atoms with E-state index in [2.05, 4.69) is 5.32 Å². The van der Waals surface area contributed by atoms with Crippen LogP contribution in [-0.2, 0) is 22.4 Å². The van der Waals surface area contributed by atoms with Gasteiger partial charge in [-0.25, -0.2) is 4.79 Å². The Hall–Kier alpha value is -3.54. The SMILES string of the molecule is CC(=O)c1ccccc1NC(=O)COC(=O)c1c2c(nc3ccccc13)CCCC2. The first-order chi connectivity index (χ1) is 14.5. The van der Waals surface area contributed by atoms with E-state index in [4.69, 9.17) is 9.72 Å². The van der Waals surface area contributed by atoms with Gasteiger partial charge < -0.3 is 10.1 Å². The maximum Gasteiger partial charge on any atom is 0.339 e. The van der Waals surface area contributed by atoms with Gasteiger partial charge in [0.1, 0.15) is 0 Å². The summed E-state index contributed by atoms with van der Waals surface area (Å²) in [5.41, 5.74) is 3.93. The van der Waals surface area contributed by atoms with E-state index in [1.807, 2.05) is 24.3 Å². The number of aromatic nitrogens is 1. The second kappa shape index (κ2) is 8.45. The molecular formula is C24H22N2O4. The fourth-order valence-corrected chi connectivity index (χ4v) is 3.89. The number of Topliss-reactive ketones (excluding diaryl/α,β-unsaturated/α-hetero) is 1. The van der Waals surface area contributed by atoms with Gasteiger partial charge >= 0.3 is 5.97 Å². The largest absolute Gasteiger partial charge is 0.452 e. The second-order valence-electron chi connectivity index (χ2n) is 7.36. The summed E-state index contributed by atoms with van der Waals surface area (Å²) < 4.78 is 5.37. The van der Waals surface area contributed by atoms with E-state index in [0.717, 1.165) is 47.8 Å². The Balaban J connectivity index is 1.54. The predicted molar refractivity (Wildman–Crippen MR) is 114 cm³/mol. The van der Waals surface area contributed by atoms with Crippen LogP contribution in [-0.4, -0.2) is 29.3 Å². The van der Waals surface area contributed by atoms with E-state index < -0.39 is 18.5 Å². The monoisotopic (exact) mass is 402 g/mol.